The maximum atomic E-state index is 5.68. The standard InChI is InChI=1S/C8H10ClNO/c1-6-7(5-9)3-4-10-8(6)11-2/h3-4H,5H2,1-2H3. The van der Waals surface area contributed by atoms with Crippen LogP contribution in [0.3, 0.4) is 0 Å². The van der Waals surface area contributed by atoms with Gasteiger partial charge >= 0.3 is 0 Å². The van der Waals surface area contributed by atoms with Crippen LogP contribution in [0.1, 0.15) is 11.1 Å². The van der Waals surface area contributed by atoms with E-state index in [0.29, 0.717) is 11.8 Å². The monoisotopic (exact) mass is 171 g/mol. The first-order chi connectivity index (χ1) is 5.29. The van der Waals surface area contributed by atoms with Crippen LogP contribution in [0.15, 0.2) is 12.3 Å². The van der Waals surface area contributed by atoms with Crippen molar-refractivity contribution >= 4 is 11.6 Å². The lowest BCUT2D eigenvalue weighted by molar-refractivity contribution is 0.394. The highest BCUT2D eigenvalue weighted by molar-refractivity contribution is 6.17. The maximum Gasteiger partial charge on any atom is 0.216 e. The molecule has 0 spiro atoms. The van der Waals surface area contributed by atoms with Crippen LogP contribution in [-0.4, -0.2) is 12.1 Å². The van der Waals surface area contributed by atoms with Crippen molar-refractivity contribution in [1.82, 2.24) is 4.98 Å². The Morgan fingerprint density at radius 1 is 1.64 bits per heavy atom. The topological polar surface area (TPSA) is 22.1 Å². The van der Waals surface area contributed by atoms with E-state index in [2.05, 4.69) is 4.98 Å². The molecule has 0 aliphatic rings. The van der Waals surface area contributed by atoms with Crippen molar-refractivity contribution in [1.29, 1.82) is 0 Å². The summed E-state index contributed by atoms with van der Waals surface area (Å²) in [5.74, 6) is 1.16. The molecule has 3 heteroatoms. The number of ether oxygens (including phenoxy) is 1. The second-order valence-electron chi connectivity index (χ2n) is 2.24. The first kappa shape index (κ1) is 8.34. The highest BCUT2D eigenvalue weighted by Crippen LogP contribution is 2.18. The molecule has 0 aliphatic carbocycles. The van der Waals surface area contributed by atoms with E-state index in [1.165, 1.54) is 0 Å². The van der Waals surface area contributed by atoms with Gasteiger partial charge in [-0.05, 0) is 18.6 Å². The van der Waals surface area contributed by atoms with Crippen LogP contribution < -0.4 is 4.74 Å². The summed E-state index contributed by atoms with van der Waals surface area (Å²) in [5.41, 5.74) is 2.09. The number of hydrogen-bond acceptors (Lipinski definition) is 2. The second kappa shape index (κ2) is 3.58. The van der Waals surface area contributed by atoms with Crippen LogP contribution in [0.25, 0.3) is 0 Å². The van der Waals surface area contributed by atoms with Gasteiger partial charge in [0.25, 0.3) is 0 Å². The zero-order valence-electron chi connectivity index (χ0n) is 6.60. The summed E-state index contributed by atoms with van der Waals surface area (Å²) >= 11 is 5.68. The fourth-order valence-corrected chi connectivity index (χ4v) is 1.19. The van der Waals surface area contributed by atoms with Crippen molar-refractivity contribution in [3.8, 4) is 5.88 Å². The fraction of sp³-hybridized carbons (Fsp3) is 0.375. The van der Waals surface area contributed by atoms with E-state index < -0.39 is 0 Å². The first-order valence-electron chi connectivity index (χ1n) is 3.34. The molecule has 0 amide bonds. The molecule has 0 N–H and O–H groups in total. The number of hydrogen-bond donors (Lipinski definition) is 0. The minimum absolute atomic E-state index is 0.505. The van der Waals surface area contributed by atoms with Gasteiger partial charge in [-0.2, -0.15) is 0 Å². The Morgan fingerprint density at radius 3 is 2.91 bits per heavy atom. The SMILES string of the molecule is COc1nccc(CCl)c1C. The summed E-state index contributed by atoms with van der Waals surface area (Å²) in [5, 5.41) is 0. The molecule has 2 nitrogen and oxygen atoms in total. The van der Waals surface area contributed by atoms with Crippen LogP contribution in [0, 0.1) is 6.92 Å². The van der Waals surface area contributed by atoms with Crippen molar-refractivity contribution in [2.24, 2.45) is 0 Å². The Morgan fingerprint density at radius 2 is 2.36 bits per heavy atom. The predicted octanol–water partition coefficient (Wildman–Crippen LogP) is 2.14. The van der Waals surface area contributed by atoms with Crippen LogP contribution >= 0.6 is 11.6 Å². The Kier molecular flexibility index (Phi) is 2.71. The predicted molar refractivity (Wildman–Crippen MR) is 45.1 cm³/mol. The summed E-state index contributed by atoms with van der Waals surface area (Å²) in [6, 6.07) is 1.89. The second-order valence-corrected chi connectivity index (χ2v) is 2.51. The van der Waals surface area contributed by atoms with E-state index in [1.54, 1.807) is 13.3 Å². The van der Waals surface area contributed by atoms with Gasteiger partial charge in [-0.15, -0.1) is 11.6 Å². The van der Waals surface area contributed by atoms with Gasteiger partial charge in [-0.3, -0.25) is 0 Å². The average molecular weight is 172 g/mol. The molecule has 0 aliphatic heterocycles. The van der Waals surface area contributed by atoms with Crippen molar-refractivity contribution in [2.75, 3.05) is 7.11 Å². The largest absolute Gasteiger partial charge is 0.481 e. The van der Waals surface area contributed by atoms with Crippen molar-refractivity contribution < 1.29 is 4.74 Å². The van der Waals surface area contributed by atoms with E-state index in [0.717, 1.165) is 11.1 Å². The molecule has 60 valence electrons. The first-order valence-corrected chi connectivity index (χ1v) is 3.87. The molecule has 0 saturated heterocycles. The van der Waals surface area contributed by atoms with Crippen molar-refractivity contribution in [3.05, 3.63) is 23.4 Å². The molecule has 0 saturated carbocycles. The van der Waals surface area contributed by atoms with E-state index in [9.17, 15) is 0 Å². The van der Waals surface area contributed by atoms with Gasteiger partial charge in [0.15, 0.2) is 0 Å². The summed E-state index contributed by atoms with van der Waals surface area (Å²) in [7, 11) is 1.60. The lowest BCUT2D eigenvalue weighted by atomic mass is 10.2. The number of halogens is 1. The van der Waals surface area contributed by atoms with Gasteiger partial charge in [0.1, 0.15) is 0 Å². The maximum absolute atomic E-state index is 5.68. The van der Waals surface area contributed by atoms with Crippen molar-refractivity contribution in [3.63, 3.8) is 0 Å². The normalized spacial score (nSPS) is 9.73. The van der Waals surface area contributed by atoms with Gasteiger partial charge in [0.05, 0.1) is 7.11 Å². The van der Waals surface area contributed by atoms with E-state index in [4.69, 9.17) is 16.3 Å². The molecule has 1 heterocycles. The van der Waals surface area contributed by atoms with Crippen LogP contribution in [0.5, 0.6) is 5.88 Å². The van der Waals surface area contributed by atoms with Gasteiger partial charge < -0.3 is 4.74 Å². The molecule has 0 fully saturated rings. The molecule has 0 bridgehead atoms. The van der Waals surface area contributed by atoms with Crippen LogP contribution in [-0.2, 0) is 5.88 Å². The minimum atomic E-state index is 0.505. The molecular weight excluding hydrogens is 162 g/mol. The molecule has 11 heavy (non-hydrogen) atoms. The lowest BCUT2D eigenvalue weighted by Gasteiger charge is -2.05. The smallest absolute Gasteiger partial charge is 0.216 e. The molecule has 0 radical (unpaired) electrons. The van der Waals surface area contributed by atoms with Crippen molar-refractivity contribution in [2.45, 2.75) is 12.8 Å². The molecule has 1 aromatic rings. The lowest BCUT2D eigenvalue weighted by Crippen LogP contribution is -1.94. The third kappa shape index (κ3) is 1.63. The molecular formula is C8H10ClNO. The molecule has 1 aromatic heterocycles. The highest BCUT2D eigenvalue weighted by atomic mass is 35.5. The number of aromatic nitrogens is 1. The van der Waals surface area contributed by atoms with Gasteiger partial charge in [-0.25, -0.2) is 4.98 Å². The Labute approximate surface area is 71.2 Å². The third-order valence-corrected chi connectivity index (χ3v) is 1.90. The number of alkyl halides is 1. The third-order valence-electron chi connectivity index (χ3n) is 1.61. The minimum Gasteiger partial charge on any atom is -0.481 e. The van der Waals surface area contributed by atoms with Crippen LogP contribution in [0.2, 0.25) is 0 Å². The molecule has 0 unspecified atom stereocenters. The number of methoxy groups -OCH3 is 1. The zero-order chi connectivity index (χ0) is 8.27. The zero-order valence-corrected chi connectivity index (χ0v) is 7.35. The van der Waals surface area contributed by atoms with E-state index >= 15 is 0 Å². The number of pyridine rings is 1. The average Bonchev–Trinajstić information content (AvgIpc) is 2.05. The fourth-order valence-electron chi connectivity index (χ4n) is 0.905. The molecule has 0 aromatic carbocycles. The summed E-state index contributed by atoms with van der Waals surface area (Å²) in [6.45, 7) is 1.95. The summed E-state index contributed by atoms with van der Waals surface area (Å²) in [4.78, 5) is 4.02. The van der Waals surface area contributed by atoms with Gasteiger partial charge in [0, 0.05) is 17.6 Å². The number of nitrogens with zero attached hydrogens (tertiary/aromatic N) is 1. The molecule has 1 rings (SSSR count). The Balaban J connectivity index is 3.10. The van der Waals surface area contributed by atoms with Gasteiger partial charge in [0.2, 0.25) is 5.88 Å². The summed E-state index contributed by atoms with van der Waals surface area (Å²) < 4.78 is 5.02. The Bertz CT molecular complexity index is 228. The molecule has 0 atom stereocenters. The van der Waals surface area contributed by atoms with E-state index in [-0.39, 0.29) is 0 Å². The quantitative estimate of drug-likeness (QED) is 0.637. The highest BCUT2D eigenvalue weighted by Gasteiger charge is 2.02. The van der Waals surface area contributed by atoms with E-state index in [1.807, 2.05) is 13.0 Å². The van der Waals surface area contributed by atoms with Gasteiger partial charge in [-0.1, -0.05) is 0 Å². The van der Waals surface area contributed by atoms with Crippen LogP contribution in [0.4, 0.5) is 0 Å². The Hall–Kier alpha value is -0.760. The summed E-state index contributed by atoms with van der Waals surface area (Å²) in [6.07, 6.45) is 1.70. The number of rotatable bonds is 2.